The van der Waals surface area contributed by atoms with Gasteiger partial charge in [-0.15, -0.1) is 10.2 Å². The lowest BCUT2D eigenvalue weighted by atomic mass is 9.89. The van der Waals surface area contributed by atoms with E-state index in [0.29, 0.717) is 28.7 Å². The van der Waals surface area contributed by atoms with Crippen LogP contribution in [-0.4, -0.2) is 63.8 Å². The van der Waals surface area contributed by atoms with Crippen molar-refractivity contribution in [3.8, 4) is 0 Å². The monoisotopic (exact) mass is 684 g/mol. The van der Waals surface area contributed by atoms with E-state index in [1.54, 1.807) is 35.2 Å². The first-order valence-corrected chi connectivity index (χ1v) is 17.4. The van der Waals surface area contributed by atoms with Crippen LogP contribution in [0.1, 0.15) is 54.8 Å². The second-order valence-electron chi connectivity index (χ2n) is 12.0. The van der Waals surface area contributed by atoms with Gasteiger partial charge >= 0.3 is 0 Å². The van der Waals surface area contributed by atoms with E-state index in [1.807, 2.05) is 24.3 Å². The number of ether oxygens (including phenoxy) is 1. The number of amides is 1. The Balaban J connectivity index is 1.37. The van der Waals surface area contributed by atoms with Crippen LogP contribution in [0.3, 0.4) is 0 Å². The number of anilines is 1. The van der Waals surface area contributed by atoms with Crippen LogP contribution in [0.4, 0.5) is 10.1 Å². The molecule has 0 bridgehead atoms. The van der Waals surface area contributed by atoms with Crippen molar-refractivity contribution in [2.45, 2.75) is 61.6 Å². The molecule has 3 aromatic carbocycles. The zero-order valence-electron chi connectivity index (χ0n) is 24.5. The summed E-state index contributed by atoms with van der Waals surface area (Å²) in [5.41, 5.74) is 1.45. The molecule has 1 N–H and O–H groups in total. The van der Waals surface area contributed by atoms with Crippen LogP contribution < -0.4 is 4.31 Å². The number of rotatable bonds is 11. The highest BCUT2D eigenvalue weighted by molar-refractivity contribution is 7.93. The van der Waals surface area contributed by atoms with Crippen LogP contribution in [0.15, 0.2) is 72.8 Å². The maximum Gasteiger partial charge on any atom is 0.253 e. The van der Waals surface area contributed by atoms with Crippen LogP contribution in [0.2, 0.25) is 10.0 Å². The van der Waals surface area contributed by atoms with Crippen molar-refractivity contribution in [1.82, 2.24) is 25.5 Å². The van der Waals surface area contributed by atoms with Gasteiger partial charge in [0, 0.05) is 16.5 Å². The first kappa shape index (κ1) is 31.0. The molecule has 3 aliphatic rings. The molecule has 2 heterocycles. The SMILES string of the molecule is O=C1[C@H](Cc2nn[nH]n2)O[C@H](c2cccc(Cl)c2)[C@@H](c2ccc(Cl)cc2)N1C(CN(c1ccccc1F)S(=O)(=O)C1CC1)C1CC1. The van der Waals surface area contributed by atoms with Gasteiger partial charge in [0.05, 0.1) is 29.6 Å². The summed E-state index contributed by atoms with van der Waals surface area (Å²) in [6, 6.07) is 19.0. The van der Waals surface area contributed by atoms with E-state index < -0.39 is 45.4 Å². The molecule has 46 heavy (non-hydrogen) atoms. The quantitative estimate of drug-likeness (QED) is 0.216. The molecule has 14 heteroatoms. The highest BCUT2D eigenvalue weighted by Gasteiger charge is 2.52. The summed E-state index contributed by atoms with van der Waals surface area (Å²) >= 11 is 12.8. The maximum atomic E-state index is 15.4. The van der Waals surface area contributed by atoms with Gasteiger partial charge in [0.15, 0.2) is 5.82 Å². The zero-order valence-corrected chi connectivity index (χ0v) is 26.9. The van der Waals surface area contributed by atoms with Gasteiger partial charge in [0.25, 0.3) is 5.91 Å². The number of aromatic nitrogens is 4. The molecule has 1 aromatic heterocycles. The molecule has 4 atom stereocenters. The molecule has 2 aliphatic carbocycles. The van der Waals surface area contributed by atoms with E-state index >= 15 is 4.39 Å². The lowest BCUT2D eigenvalue weighted by molar-refractivity contribution is -0.179. The molecule has 1 saturated heterocycles. The summed E-state index contributed by atoms with van der Waals surface area (Å²) in [5, 5.41) is 14.6. The maximum absolute atomic E-state index is 15.4. The number of nitrogens with one attached hydrogen (secondary N) is 1. The van der Waals surface area contributed by atoms with Crippen molar-refractivity contribution in [3.05, 3.63) is 106 Å². The standard InChI is InChI=1S/C32H31Cl2FN6O4S/c33-22-12-10-20(11-13-22)30-31(21-4-3-5-23(34)16-21)45-28(17-29-36-38-39-37-29)32(42)41(30)27(19-8-9-19)18-40(46(43,44)24-14-15-24)26-7-2-1-6-25(26)35/h1-7,10-13,16,19,24,27-28,30-31H,8-9,14-15,17-18H2,(H,36,37,38,39)/t27?,28-,30+,31+/m0/s1. The molecule has 1 aliphatic heterocycles. The molecule has 240 valence electrons. The normalized spacial score (nSPS) is 22.5. The minimum absolute atomic E-state index is 0.0219. The number of tetrazole rings is 1. The molecule has 1 unspecified atom stereocenters. The average Bonchev–Trinajstić information content (AvgIpc) is 3.98. The van der Waals surface area contributed by atoms with E-state index in [2.05, 4.69) is 20.6 Å². The number of nitrogens with zero attached hydrogens (tertiary/aromatic N) is 5. The van der Waals surface area contributed by atoms with E-state index in [0.717, 1.165) is 24.0 Å². The Morgan fingerprint density at radius 2 is 1.74 bits per heavy atom. The average molecular weight is 686 g/mol. The van der Waals surface area contributed by atoms with Crippen molar-refractivity contribution < 1.29 is 22.3 Å². The second kappa shape index (κ2) is 12.6. The summed E-state index contributed by atoms with van der Waals surface area (Å²) in [6.07, 6.45) is 0.892. The number of morpholine rings is 1. The van der Waals surface area contributed by atoms with Crippen molar-refractivity contribution in [1.29, 1.82) is 0 Å². The number of benzene rings is 3. The van der Waals surface area contributed by atoms with Crippen molar-refractivity contribution in [3.63, 3.8) is 0 Å². The highest BCUT2D eigenvalue weighted by Crippen LogP contribution is 2.49. The first-order chi connectivity index (χ1) is 22.2. The minimum atomic E-state index is -3.92. The fourth-order valence-corrected chi connectivity index (χ4v) is 8.49. The van der Waals surface area contributed by atoms with Gasteiger partial charge in [0.1, 0.15) is 18.0 Å². The largest absolute Gasteiger partial charge is 0.357 e. The molecule has 0 radical (unpaired) electrons. The third kappa shape index (κ3) is 6.23. The van der Waals surface area contributed by atoms with Crippen LogP contribution >= 0.6 is 23.2 Å². The molecular weight excluding hydrogens is 654 g/mol. The Morgan fingerprint density at radius 3 is 2.39 bits per heavy atom. The van der Waals surface area contributed by atoms with Gasteiger partial charge in [-0.05, 0) is 79.1 Å². The number of aromatic amines is 1. The third-order valence-corrected chi connectivity index (χ3v) is 11.6. The van der Waals surface area contributed by atoms with Gasteiger partial charge in [-0.2, -0.15) is 5.21 Å². The third-order valence-electron chi connectivity index (χ3n) is 8.82. The number of para-hydroxylation sites is 1. The van der Waals surface area contributed by atoms with Gasteiger partial charge in [-0.3, -0.25) is 9.10 Å². The van der Waals surface area contributed by atoms with E-state index in [9.17, 15) is 13.2 Å². The molecule has 0 spiro atoms. The fraction of sp³-hybridized carbons (Fsp3) is 0.375. The summed E-state index contributed by atoms with van der Waals surface area (Å²) in [7, 11) is -3.92. The molecular formula is C32H31Cl2FN6O4S. The lowest BCUT2D eigenvalue weighted by Crippen LogP contribution is -2.59. The Kier molecular flexibility index (Phi) is 8.47. The molecule has 4 aromatic rings. The number of H-pyrrole nitrogens is 1. The zero-order chi connectivity index (χ0) is 32.0. The predicted molar refractivity (Wildman–Crippen MR) is 170 cm³/mol. The van der Waals surface area contributed by atoms with Crippen molar-refractivity contribution in [2.75, 3.05) is 10.8 Å². The van der Waals surface area contributed by atoms with Crippen LogP contribution in [0.25, 0.3) is 0 Å². The van der Waals surface area contributed by atoms with E-state index in [-0.39, 0.29) is 30.5 Å². The number of carbonyl (C=O) groups excluding carboxylic acids is 1. The Bertz CT molecular complexity index is 1820. The lowest BCUT2D eigenvalue weighted by Gasteiger charge is -2.49. The first-order valence-electron chi connectivity index (χ1n) is 15.2. The van der Waals surface area contributed by atoms with Gasteiger partial charge < -0.3 is 9.64 Å². The topological polar surface area (TPSA) is 121 Å². The highest BCUT2D eigenvalue weighted by atomic mass is 35.5. The van der Waals surface area contributed by atoms with Crippen molar-refractivity contribution in [2.24, 2.45) is 5.92 Å². The number of sulfonamides is 1. The van der Waals surface area contributed by atoms with Crippen molar-refractivity contribution >= 4 is 44.8 Å². The van der Waals surface area contributed by atoms with Gasteiger partial charge in [-0.25, -0.2) is 12.8 Å². The molecule has 1 amide bonds. The smallest absolute Gasteiger partial charge is 0.253 e. The van der Waals surface area contributed by atoms with Gasteiger partial charge in [0.2, 0.25) is 10.0 Å². The summed E-state index contributed by atoms with van der Waals surface area (Å²) in [6.45, 7) is -0.114. The Labute approximate surface area is 275 Å². The molecule has 10 nitrogen and oxygen atoms in total. The van der Waals surface area contributed by atoms with Crippen LogP contribution in [0, 0.1) is 11.7 Å². The Morgan fingerprint density at radius 1 is 0.978 bits per heavy atom. The molecule has 7 rings (SSSR count). The van der Waals surface area contributed by atoms with Gasteiger partial charge in [-0.1, -0.05) is 64.8 Å². The van der Waals surface area contributed by atoms with E-state index in [1.165, 1.54) is 22.5 Å². The number of carbonyl (C=O) groups is 1. The molecule has 2 saturated carbocycles. The number of hydrogen-bond acceptors (Lipinski definition) is 7. The number of halogens is 3. The Hall–Kier alpha value is -3.58. The minimum Gasteiger partial charge on any atom is -0.357 e. The fourth-order valence-electron chi connectivity index (χ4n) is 6.29. The summed E-state index contributed by atoms with van der Waals surface area (Å²) < 4.78 is 51.1. The molecule has 3 fully saturated rings. The summed E-state index contributed by atoms with van der Waals surface area (Å²) in [4.78, 5) is 16.5. The van der Waals surface area contributed by atoms with E-state index in [4.69, 9.17) is 27.9 Å². The second-order valence-corrected chi connectivity index (χ2v) is 15.0. The van der Waals surface area contributed by atoms with Crippen LogP contribution in [-0.2, 0) is 26.0 Å². The van der Waals surface area contributed by atoms with Crippen LogP contribution in [0.5, 0.6) is 0 Å². The number of hydrogen-bond donors (Lipinski definition) is 1. The predicted octanol–water partition coefficient (Wildman–Crippen LogP) is 5.68. The summed E-state index contributed by atoms with van der Waals surface area (Å²) in [5.74, 6) is -0.723.